The zero-order valence-electron chi connectivity index (χ0n) is 8.33. The molecule has 2 rings (SSSR count). The monoisotopic (exact) mass is 199 g/mol. The van der Waals surface area contributed by atoms with Crippen molar-refractivity contribution in [3.63, 3.8) is 0 Å². The number of hydrogen-bond acceptors (Lipinski definition) is 4. The third kappa shape index (κ3) is 2.45. The van der Waals surface area contributed by atoms with Gasteiger partial charge >= 0.3 is 5.97 Å². The van der Waals surface area contributed by atoms with Gasteiger partial charge in [-0.1, -0.05) is 0 Å². The predicted molar refractivity (Wildman–Crippen MR) is 50.9 cm³/mol. The fourth-order valence-electron chi connectivity index (χ4n) is 1.92. The molecule has 0 amide bonds. The number of nitrogens with one attached hydrogen (secondary N) is 1. The van der Waals surface area contributed by atoms with Crippen molar-refractivity contribution in [3.8, 4) is 0 Å². The largest absolute Gasteiger partial charge is 0.463 e. The number of carbonyl (C=O) groups excluding carboxylic acids is 1. The van der Waals surface area contributed by atoms with Crippen molar-refractivity contribution in [1.29, 1.82) is 0 Å². The molecule has 0 saturated carbocycles. The van der Waals surface area contributed by atoms with Gasteiger partial charge in [0.2, 0.25) is 0 Å². The van der Waals surface area contributed by atoms with E-state index in [1.54, 1.807) is 0 Å². The smallest absolute Gasteiger partial charge is 0.310 e. The van der Waals surface area contributed by atoms with Gasteiger partial charge in [0.25, 0.3) is 0 Å². The molecule has 2 unspecified atom stereocenters. The van der Waals surface area contributed by atoms with Crippen LogP contribution in [0.1, 0.15) is 19.3 Å². The summed E-state index contributed by atoms with van der Waals surface area (Å²) in [4.78, 5) is 11.5. The zero-order valence-corrected chi connectivity index (χ0v) is 8.33. The molecule has 2 heterocycles. The first-order valence-corrected chi connectivity index (χ1v) is 5.35. The van der Waals surface area contributed by atoms with E-state index in [1.165, 1.54) is 0 Å². The Balaban J connectivity index is 1.66. The fraction of sp³-hybridized carbons (Fsp3) is 0.900. The highest BCUT2D eigenvalue weighted by molar-refractivity contribution is 5.73. The van der Waals surface area contributed by atoms with Crippen molar-refractivity contribution >= 4 is 5.97 Å². The van der Waals surface area contributed by atoms with E-state index in [4.69, 9.17) is 9.47 Å². The summed E-state index contributed by atoms with van der Waals surface area (Å²) < 4.78 is 10.6. The molecule has 2 atom stereocenters. The lowest BCUT2D eigenvalue weighted by atomic mass is 10.1. The average molecular weight is 199 g/mol. The summed E-state index contributed by atoms with van der Waals surface area (Å²) in [5.74, 6) is 0.00176. The molecular weight excluding hydrogens is 182 g/mol. The summed E-state index contributed by atoms with van der Waals surface area (Å²) in [6.45, 7) is 2.95. The zero-order chi connectivity index (χ0) is 9.80. The molecule has 0 bridgehead atoms. The second-order valence-corrected chi connectivity index (χ2v) is 3.95. The first-order chi connectivity index (χ1) is 6.86. The molecule has 4 nitrogen and oxygen atoms in total. The summed E-state index contributed by atoms with van der Waals surface area (Å²) in [5.41, 5.74) is 0. The van der Waals surface area contributed by atoms with Crippen LogP contribution in [-0.4, -0.2) is 38.4 Å². The van der Waals surface area contributed by atoms with Crippen LogP contribution in [0.5, 0.6) is 0 Å². The topological polar surface area (TPSA) is 47.6 Å². The number of ether oxygens (including phenoxy) is 2. The van der Waals surface area contributed by atoms with Crippen LogP contribution < -0.4 is 5.32 Å². The molecule has 0 radical (unpaired) electrons. The predicted octanol–water partition coefficient (Wildman–Crippen LogP) is 0.318. The Morgan fingerprint density at radius 1 is 1.50 bits per heavy atom. The van der Waals surface area contributed by atoms with Crippen molar-refractivity contribution < 1.29 is 14.3 Å². The molecule has 14 heavy (non-hydrogen) atoms. The SMILES string of the molecule is O=C(OCC1CCCO1)C1CCNC1. The number of hydrogen-bond donors (Lipinski definition) is 1. The molecule has 2 aliphatic heterocycles. The summed E-state index contributed by atoms with van der Waals surface area (Å²) in [6.07, 6.45) is 3.17. The fourth-order valence-corrected chi connectivity index (χ4v) is 1.92. The van der Waals surface area contributed by atoms with Crippen molar-refractivity contribution in [3.05, 3.63) is 0 Å². The molecule has 1 N–H and O–H groups in total. The highest BCUT2D eigenvalue weighted by atomic mass is 16.6. The molecule has 0 aliphatic carbocycles. The minimum atomic E-state index is -0.0644. The Hall–Kier alpha value is -0.610. The van der Waals surface area contributed by atoms with Crippen LogP contribution in [0.25, 0.3) is 0 Å². The van der Waals surface area contributed by atoms with E-state index in [9.17, 15) is 4.79 Å². The molecule has 2 aliphatic rings. The Labute approximate surface area is 84.0 Å². The number of esters is 1. The maximum absolute atomic E-state index is 11.5. The third-order valence-corrected chi connectivity index (χ3v) is 2.83. The highest BCUT2D eigenvalue weighted by Gasteiger charge is 2.25. The van der Waals surface area contributed by atoms with Crippen LogP contribution in [0.15, 0.2) is 0 Å². The van der Waals surface area contributed by atoms with Gasteiger partial charge in [0.05, 0.1) is 12.0 Å². The van der Waals surface area contributed by atoms with Gasteiger partial charge in [-0.3, -0.25) is 4.79 Å². The van der Waals surface area contributed by atoms with Gasteiger partial charge in [-0.05, 0) is 25.8 Å². The van der Waals surface area contributed by atoms with Crippen molar-refractivity contribution in [1.82, 2.24) is 5.32 Å². The first kappa shape index (κ1) is 9.93. The van der Waals surface area contributed by atoms with Crippen molar-refractivity contribution in [2.45, 2.75) is 25.4 Å². The molecule has 2 saturated heterocycles. The molecule has 4 heteroatoms. The summed E-state index contributed by atoms with van der Waals surface area (Å²) in [6, 6.07) is 0. The summed E-state index contributed by atoms with van der Waals surface area (Å²) in [5, 5.41) is 3.15. The maximum atomic E-state index is 11.5. The Kier molecular flexibility index (Phi) is 3.37. The van der Waals surface area contributed by atoms with Gasteiger partial charge in [-0.15, -0.1) is 0 Å². The molecule has 2 fully saturated rings. The lowest BCUT2D eigenvalue weighted by molar-refractivity contribution is -0.151. The van der Waals surface area contributed by atoms with Crippen molar-refractivity contribution in [2.24, 2.45) is 5.92 Å². The average Bonchev–Trinajstić information content (AvgIpc) is 2.87. The summed E-state index contributed by atoms with van der Waals surface area (Å²) >= 11 is 0. The van der Waals surface area contributed by atoms with E-state index < -0.39 is 0 Å². The van der Waals surface area contributed by atoms with Crippen LogP contribution in [0.3, 0.4) is 0 Å². The molecule has 0 aromatic carbocycles. The molecule has 0 spiro atoms. The normalized spacial score (nSPS) is 32.0. The van der Waals surface area contributed by atoms with Crippen LogP contribution >= 0.6 is 0 Å². The van der Waals surface area contributed by atoms with Gasteiger partial charge in [0.15, 0.2) is 0 Å². The summed E-state index contributed by atoms with van der Waals surface area (Å²) in [7, 11) is 0. The van der Waals surface area contributed by atoms with Crippen LogP contribution in [0, 0.1) is 5.92 Å². The third-order valence-electron chi connectivity index (χ3n) is 2.83. The van der Waals surface area contributed by atoms with Gasteiger partial charge in [-0.25, -0.2) is 0 Å². The molecular formula is C10H17NO3. The Morgan fingerprint density at radius 3 is 3.07 bits per heavy atom. The van der Waals surface area contributed by atoms with Crippen molar-refractivity contribution in [2.75, 3.05) is 26.3 Å². The molecule has 0 aromatic heterocycles. The van der Waals surface area contributed by atoms with Crippen LogP contribution in [0.4, 0.5) is 0 Å². The van der Waals surface area contributed by atoms with E-state index >= 15 is 0 Å². The lowest BCUT2D eigenvalue weighted by Gasteiger charge is -2.12. The van der Waals surface area contributed by atoms with E-state index in [2.05, 4.69) is 5.32 Å². The van der Waals surface area contributed by atoms with Gasteiger partial charge in [0, 0.05) is 13.2 Å². The Bertz CT molecular complexity index is 196. The minimum Gasteiger partial charge on any atom is -0.463 e. The highest BCUT2D eigenvalue weighted by Crippen LogP contribution is 2.14. The molecule has 80 valence electrons. The van der Waals surface area contributed by atoms with Crippen LogP contribution in [-0.2, 0) is 14.3 Å². The molecule has 0 aromatic rings. The second-order valence-electron chi connectivity index (χ2n) is 3.95. The van der Waals surface area contributed by atoms with E-state index in [-0.39, 0.29) is 18.0 Å². The minimum absolute atomic E-state index is 0.0644. The number of carbonyl (C=O) groups is 1. The van der Waals surface area contributed by atoms with Crippen LogP contribution in [0.2, 0.25) is 0 Å². The second kappa shape index (κ2) is 4.75. The quantitative estimate of drug-likeness (QED) is 0.665. The number of rotatable bonds is 3. The van der Waals surface area contributed by atoms with Gasteiger partial charge in [0.1, 0.15) is 6.61 Å². The van der Waals surface area contributed by atoms with E-state index in [1.807, 2.05) is 0 Å². The Morgan fingerprint density at radius 2 is 2.43 bits per heavy atom. The lowest BCUT2D eigenvalue weighted by Crippen LogP contribution is -2.24. The van der Waals surface area contributed by atoms with E-state index in [0.29, 0.717) is 6.61 Å². The maximum Gasteiger partial charge on any atom is 0.310 e. The van der Waals surface area contributed by atoms with Gasteiger partial charge in [-0.2, -0.15) is 0 Å². The first-order valence-electron chi connectivity index (χ1n) is 5.35. The standard InChI is InChI=1S/C10H17NO3/c12-10(8-3-4-11-6-8)14-7-9-2-1-5-13-9/h8-9,11H,1-7H2. The van der Waals surface area contributed by atoms with E-state index in [0.717, 1.165) is 39.0 Å². The van der Waals surface area contributed by atoms with Gasteiger partial charge < -0.3 is 14.8 Å².